The monoisotopic (exact) mass is 271 g/mol. The zero-order valence-corrected chi connectivity index (χ0v) is 10.9. The van der Waals surface area contributed by atoms with E-state index in [1.54, 1.807) is 13.0 Å². The number of nitrogens with one attached hydrogen (secondary N) is 1. The van der Waals surface area contributed by atoms with E-state index in [1.165, 1.54) is 19.1 Å². The van der Waals surface area contributed by atoms with Crippen LogP contribution in [0.25, 0.3) is 0 Å². The number of aliphatic carboxylic acids is 1. The van der Waals surface area contributed by atoms with Crippen LogP contribution in [0.3, 0.4) is 0 Å². The maximum Gasteiger partial charge on any atom is 0.316 e. The Hall–Kier alpha value is -1.56. The third-order valence-corrected chi connectivity index (χ3v) is 3.42. The second kappa shape index (κ2) is 6.39. The first-order chi connectivity index (χ1) is 8.40. The van der Waals surface area contributed by atoms with Crippen LogP contribution >= 0.6 is 11.8 Å². The topological polar surface area (TPSA) is 66.4 Å². The fourth-order valence-corrected chi connectivity index (χ4v) is 1.80. The maximum atomic E-state index is 13.0. The number of hydrogen-bond acceptors (Lipinski definition) is 3. The molecule has 0 radical (unpaired) electrons. The molecule has 1 aromatic rings. The molecule has 0 fully saturated rings. The SMILES string of the molecule is Cc1ccc(F)cc1NC(=O)CSC(C)C(=O)O. The zero-order chi connectivity index (χ0) is 13.7. The third kappa shape index (κ3) is 4.37. The zero-order valence-electron chi connectivity index (χ0n) is 10.1. The molecule has 1 rings (SSSR count). The molecule has 0 saturated carbocycles. The minimum Gasteiger partial charge on any atom is -0.480 e. The number of carboxylic acid groups (broad SMARTS) is 1. The van der Waals surface area contributed by atoms with Gasteiger partial charge in [-0.3, -0.25) is 9.59 Å². The summed E-state index contributed by atoms with van der Waals surface area (Å²) in [5.74, 6) is -1.72. The Morgan fingerprint density at radius 2 is 2.17 bits per heavy atom. The molecule has 0 saturated heterocycles. The van der Waals surface area contributed by atoms with Crippen molar-refractivity contribution in [3.63, 3.8) is 0 Å². The molecule has 1 amide bonds. The Morgan fingerprint density at radius 3 is 2.78 bits per heavy atom. The molecule has 1 atom stereocenters. The van der Waals surface area contributed by atoms with E-state index in [0.29, 0.717) is 5.69 Å². The summed E-state index contributed by atoms with van der Waals surface area (Å²) in [6.07, 6.45) is 0. The number of carboxylic acids is 1. The van der Waals surface area contributed by atoms with Gasteiger partial charge in [0, 0.05) is 5.69 Å². The van der Waals surface area contributed by atoms with E-state index in [-0.39, 0.29) is 11.7 Å². The highest BCUT2D eigenvalue weighted by Gasteiger charge is 2.14. The molecular formula is C12H14FNO3S. The van der Waals surface area contributed by atoms with Crippen molar-refractivity contribution in [2.24, 2.45) is 0 Å². The van der Waals surface area contributed by atoms with Gasteiger partial charge in [0.25, 0.3) is 0 Å². The van der Waals surface area contributed by atoms with E-state index in [2.05, 4.69) is 5.32 Å². The molecule has 0 bridgehead atoms. The van der Waals surface area contributed by atoms with E-state index >= 15 is 0 Å². The van der Waals surface area contributed by atoms with Crippen molar-refractivity contribution >= 4 is 29.3 Å². The largest absolute Gasteiger partial charge is 0.480 e. The van der Waals surface area contributed by atoms with Crippen LogP contribution in [-0.2, 0) is 9.59 Å². The lowest BCUT2D eigenvalue weighted by Crippen LogP contribution is -2.19. The molecule has 1 aromatic carbocycles. The van der Waals surface area contributed by atoms with Crippen molar-refractivity contribution in [2.75, 3.05) is 11.1 Å². The molecule has 1 unspecified atom stereocenters. The van der Waals surface area contributed by atoms with Gasteiger partial charge in [0.15, 0.2) is 0 Å². The van der Waals surface area contributed by atoms with Crippen molar-refractivity contribution in [1.29, 1.82) is 0 Å². The number of benzene rings is 1. The first-order valence-electron chi connectivity index (χ1n) is 5.30. The summed E-state index contributed by atoms with van der Waals surface area (Å²) in [5.41, 5.74) is 1.16. The number of carbonyl (C=O) groups is 2. The van der Waals surface area contributed by atoms with Gasteiger partial charge in [-0.05, 0) is 31.5 Å². The average Bonchev–Trinajstić information content (AvgIpc) is 2.30. The number of halogens is 1. The lowest BCUT2D eigenvalue weighted by Gasteiger charge is -2.09. The Balaban J connectivity index is 2.54. The lowest BCUT2D eigenvalue weighted by atomic mass is 10.2. The number of thioether (sulfide) groups is 1. The quantitative estimate of drug-likeness (QED) is 0.862. The second-order valence-corrected chi connectivity index (χ2v) is 5.13. The Bertz CT molecular complexity index is 465. The number of hydrogen-bond donors (Lipinski definition) is 2. The summed E-state index contributed by atoms with van der Waals surface area (Å²) >= 11 is 1.02. The van der Waals surface area contributed by atoms with Gasteiger partial charge in [-0.2, -0.15) is 0 Å². The van der Waals surface area contributed by atoms with Gasteiger partial charge < -0.3 is 10.4 Å². The predicted octanol–water partition coefficient (Wildman–Crippen LogP) is 2.28. The van der Waals surface area contributed by atoms with Crippen molar-refractivity contribution < 1.29 is 19.1 Å². The molecule has 0 aliphatic rings. The smallest absolute Gasteiger partial charge is 0.316 e. The molecule has 0 aliphatic heterocycles. The average molecular weight is 271 g/mol. The number of amides is 1. The van der Waals surface area contributed by atoms with Crippen molar-refractivity contribution in [1.82, 2.24) is 0 Å². The predicted molar refractivity (Wildman–Crippen MR) is 69.3 cm³/mol. The summed E-state index contributed by atoms with van der Waals surface area (Å²) in [6.45, 7) is 3.26. The van der Waals surface area contributed by atoms with E-state index in [1.807, 2.05) is 0 Å². The molecule has 4 nitrogen and oxygen atoms in total. The van der Waals surface area contributed by atoms with Crippen LogP contribution in [-0.4, -0.2) is 28.0 Å². The summed E-state index contributed by atoms with van der Waals surface area (Å²) in [6, 6.07) is 4.11. The molecule has 0 aliphatic carbocycles. The van der Waals surface area contributed by atoms with E-state index in [4.69, 9.17) is 5.11 Å². The fraction of sp³-hybridized carbons (Fsp3) is 0.333. The normalized spacial score (nSPS) is 11.9. The summed E-state index contributed by atoms with van der Waals surface area (Å²) in [7, 11) is 0. The van der Waals surface area contributed by atoms with Gasteiger partial charge in [0.2, 0.25) is 5.91 Å². The van der Waals surface area contributed by atoms with Crippen LogP contribution in [0, 0.1) is 12.7 Å². The van der Waals surface area contributed by atoms with Crippen molar-refractivity contribution in [3.8, 4) is 0 Å². The molecule has 6 heteroatoms. The fourth-order valence-electron chi connectivity index (χ4n) is 1.19. The van der Waals surface area contributed by atoms with Gasteiger partial charge in [-0.25, -0.2) is 4.39 Å². The van der Waals surface area contributed by atoms with Crippen LogP contribution in [0.5, 0.6) is 0 Å². The van der Waals surface area contributed by atoms with Crippen LogP contribution in [0.1, 0.15) is 12.5 Å². The standard InChI is InChI=1S/C12H14FNO3S/c1-7-3-4-9(13)5-10(7)14-11(15)6-18-8(2)12(16)17/h3-5,8H,6H2,1-2H3,(H,14,15)(H,16,17). The number of aryl methyl sites for hydroxylation is 1. The van der Waals surface area contributed by atoms with Crippen LogP contribution in [0.2, 0.25) is 0 Å². The Kier molecular flexibility index (Phi) is 5.15. The summed E-state index contributed by atoms with van der Waals surface area (Å²) in [4.78, 5) is 22.1. The molecule has 2 N–H and O–H groups in total. The van der Waals surface area contributed by atoms with Gasteiger partial charge in [0.1, 0.15) is 5.82 Å². The molecule has 98 valence electrons. The highest BCUT2D eigenvalue weighted by atomic mass is 32.2. The Morgan fingerprint density at radius 1 is 1.50 bits per heavy atom. The van der Waals surface area contributed by atoms with E-state index < -0.39 is 17.0 Å². The summed E-state index contributed by atoms with van der Waals surface area (Å²) in [5, 5.41) is 10.6. The first-order valence-corrected chi connectivity index (χ1v) is 6.35. The second-order valence-electron chi connectivity index (χ2n) is 3.80. The Labute approximate surface area is 109 Å². The molecule has 18 heavy (non-hydrogen) atoms. The number of rotatable bonds is 5. The maximum absolute atomic E-state index is 13.0. The van der Waals surface area contributed by atoms with Gasteiger partial charge in [0.05, 0.1) is 11.0 Å². The summed E-state index contributed by atoms with van der Waals surface area (Å²) < 4.78 is 13.0. The number of carbonyl (C=O) groups excluding carboxylic acids is 1. The van der Waals surface area contributed by atoms with Crippen LogP contribution in [0.15, 0.2) is 18.2 Å². The van der Waals surface area contributed by atoms with Gasteiger partial charge in [-0.1, -0.05) is 6.07 Å². The molecule has 0 heterocycles. The lowest BCUT2D eigenvalue weighted by molar-refractivity contribution is -0.136. The van der Waals surface area contributed by atoms with E-state index in [0.717, 1.165) is 17.3 Å². The number of anilines is 1. The van der Waals surface area contributed by atoms with E-state index in [9.17, 15) is 14.0 Å². The van der Waals surface area contributed by atoms with Crippen molar-refractivity contribution in [2.45, 2.75) is 19.1 Å². The molecular weight excluding hydrogens is 257 g/mol. The third-order valence-electron chi connectivity index (χ3n) is 2.29. The highest BCUT2D eigenvalue weighted by molar-refractivity contribution is 8.01. The van der Waals surface area contributed by atoms with Gasteiger partial charge >= 0.3 is 5.97 Å². The minimum atomic E-state index is -0.963. The minimum absolute atomic E-state index is 0.0173. The molecule has 0 spiro atoms. The van der Waals surface area contributed by atoms with Crippen LogP contribution < -0.4 is 5.32 Å². The first kappa shape index (κ1) is 14.5. The van der Waals surface area contributed by atoms with Crippen LogP contribution in [0.4, 0.5) is 10.1 Å². The molecule has 0 aromatic heterocycles. The highest BCUT2D eigenvalue weighted by Crippen LogP contribution is 2.17. The van der Waals surface area contributed by atoms with Crippen molar-refractivity contribution in [3.05, 3.63) is 29.6 Å². The van der Waals surface area contributed by atoms with Gasteiger partial charge in [-0.15, -0.1) is 11.8 Å².